The smallest absolute Gasteiger partial charge is 0.0693 e. The summed E-state index contributed by atoms with van der Waals surface area (Å²) in [6.45, 7) is 3.21. The number of nitrogens with zero attached hydrogens (tertiary/aromatic N) is 1. The molecule has 2 rings (SSSR count). The van der Waals surface area contributed by atoms with Gasteiger partial charge in [-0.25, -0.2) is 0 Å². The molecule has 2 nitrogen and oxygen atoms in total. The normalized spacial score (nSPS) is 14.9. The van der Waals surface area contributed by atoms with Gasteiger partial charge in [-0.1, -0.05) is 37.6 Å². The van der Waals surface area contributed by atoms with E-state index < -0.39 is 0 Å². The Morgan fingerprint density at radius 2 is 2.07 bits per heavy atom. The summed E-state index contributed by atoms with van der Waals surface area (Å²) in [7, 11) is 0. The lowest BCUT2D eigenvalue weighted by molar-refractivity contribution is 0.795. The maximum Gasteiger partial charge on any atom is 0.0693 e. The zero-order valence-electron chi connectivity index (χ0n) is 9.29. The summed E-state index contributed by atoms with van der Waals surface area (Å²) in [5, 5.41) is 4.26. The first kappa shape index (κ1) is 10.2. The van der Waals surface area contributed by atoms with Crippen LogP contribution < -0.4 is 5.43 Å². The van der Waals surface area contributed by atoms with Crippen molar-refractivity contribution in [2.24, 2.45) is 5.10 Å². The molecule has 0 radical (unpaired) electrons. The second-order valence-corrected chi connectivity index (χ2v) is 4.02. The van der Waals surface area contributed by atoms with Gasteiger partial charge in [0.25, 0.3) is 0 Å². The quantitative estimate of drug-likeness (QED) is 0.797. The molecular weight excluding hydrogens is 184 g/mol. The third-order valence-electron chi connectivity index (χ3n) is 2.79. The molecule has 0 unspecified atom stereocenters. The highest BCUT2D eigenvalue weighted by Gasteiger charge is 2.07. The summed E-state index contributed by atoms with van der Waals surface area (Å²) in [5.41, 5.74) is 6.90. The second kappa shape index (κ2) is 4.96. The van der Waals surface area contributed by atoms with Gasteiger partial charge < -0.3 is 5.43 Å². The maximum absolute atomic E-state index is 4.26. The first-order valence-corrected chi connectivity index (χ1v) is 5.79. The number of hydrogen-bond acceptors (Lipinski definition) is 2. The summed E-state index contributed by atoms with van der Waals surface area (Å²) in [4.78, 5) is 0. The van der Waals surface area contributed by atoms with E-state index in [1.165, 1.54) is 36.1 Å². The molecule has 15 heavy (non-hydrogen) atoms. The molecule has 1 aliphatic heterocycles. The van der Waals surface area contributed by atoms with Crippen LogP contribution in [0.2, 0.25) is 0 Å². The second-order valence-electron chi connectivity index (χ2n) is 4.02. The van der Waals surface area contributed by atoms with Crippen LogP contribution >= 0.6 is 0 Å². The third-order valence-corrected chi connectivity index (χ3v) is 2.79. The van der Waals surface area contributed by atoms with Gasteiger partial charge in [0.05, 0.1) is 5.71 Å². The van der Waals surface area contributed by atoms with Gasteiger partial charge in [-0.3, -0.25) is 0 Å². The van der Waals surface area contributed by atoms with Gasteiger partial charge in [-0.05, 0) is 24.0 Å². The van der Waals surface area contributed by atoms with Crippen LogP contribution in [0.25, 0.3) is 0 Å². The largest absolute Gasteiger partial charge is 0.309 e. The van der Waals surface area contributed by atoms with Crippen LogP contribution in [0, 0.1) is 0 Å². The van der Waals surface area contributed by atoms with E-state index in [0.29, 0.717) is 0 Å². The van der Waals surface area contributed by atoms with Gasteiger partial charge in [-0.2, -0.15) is 5.10 Å². The Bertz CT molecular complexity index is 338. The van der Waals surface area contributed by atoms with E-state index in [-0.39, 0.29) is 0 Å². The number of hydrogen-bond donors (Lipinski definition) is 1. The summed E-state index contributed by atoms with van der Waals surface area (Å²) >= 11 is 0. The van der Waals surface area contributed by atoms with Gasteiger partial charge >= 0.3 is 0 Å². The maximum atomic E-state index is 4.26. The Morgan fingerprint density at radius 1 is 1.27 bits per heavy atom. The molecular formula is C13H18N2. The van der Waals surface area contributed by atoms with Crippen molar-refractivity contribution in [2.45, 2.75) is 32.6 Å². The molecule has 1 aromatic carbocycles. The molecule has 80 valence electrons. The highest BCUT2D eigenvalue weighted by Crippen LogP contribution is 2.11. The van der Waals surface area contributed by atoms with Crippen molar-refractivity contribution in [2.75, 3.05) is 6.54 Å². The zero-order valence-corrected chi connectivity index (χ0v) is 9.29. The number of benzene rings is 1. The van der Waals surface area contributed by atoms with Crippen molar-refractivity contribution in [1.82, 2.24) is 5.43 Å². The van der Waals surface area contributed by atoms with Crippen molar-refractivity contribution in [3.05, 3.63) is 35.4 Å². The Balaban J connectivity index is 2.03. The van der Waals surface area contributed by atoms with E-state index in [1.54, 1.807) is 0 Å². The molecule has 1 aromatic rings. The first-order chi connectivity index (χ1) is 7.40. The Kier molecular flexibility index (Phi) is 3.38. The summed E-state index contributed by atoms with van der Waals surface area (Å²) in [6, 6.07) is 8.84. The molecule has 0 saturated heterocycles. The number of unbranched alkanes of at least 4 members (excludes halogenated alkanes) is 1. The molecule has 0 saturated carbocycles. The highest BCUT2D eigenvalue weighted by atomic mass is 15.3. The fourth-order valence-corrected chi connectivity index (χ4v) is 1.84. The molecule has 2 heteroatoms. The van der Waals surface area contributed by atoms with E-state index in [4.69, 9.17) is 0 Å². The minimum Gasteiger partial charge on any atom is -0.309 e. The van der Waals surface area contributed by atoms with E-state index in [0.717, 1.165) is 13.0 Å². The monoisotopic (exact) mass is 202 g/mol. The fourth-order valence-electron chi connectivity index (χ4n) is 1.84. The van der Waals surface area contributed by atoms with Crippen molar-refractivity contribution in [3.8, 4) is 0 Å². The van der Waals surface area contributed by atoms with Crippen LogP contribution in [0.4, 0.5) is 0 Å². The Labute approximate surface area is 91.4 Å². The summed E-state index contributed by atoms with van der Waals surface area (Å²) in [6.07, 6.45) is 4.79. The van der Waals surface area contributed by atoms with Crippen LogP contribution in [0.1, 0.15) is 37.3 Å². The van der Waals surface area contributed by atoms with E-state index >= 15 is 0 Å². The number of nitrogens with one attached hydrogen (secondary N) is 1. The molecule has 1 aliphatic rings. The number of rotatable bonds is 4. The van der Waals surface area contributed by atoms with E-state index in [9.17, 15) is 0 Å². The van der Waals surface area contributed by atoms with Crippen molar-refractivity contribution < 1.29 is 0 Å². The van der Waals surface area contributed by atoms with E-state index in [1.807, 2.05) is 0 Å². The van der Waals surface area contributed by atoms with Gasteiger partial charge in [0.1, 0.15) is 0 Å². The molecule has 0 bridgehead atoms. The van der Waals surface area contributed by atoms with Crippen molar-refractivity contribution in [1.29, 1.82) is 0 Å². The van der Waals surface area contributed by atoms with Gasteiger partial charge in [0, 0.05) is 13.0 Å². The lowest BCUT2D eigenvalue weighted by Gasteiger charge is -2.02. The number of hydrazone groups is 1. The minimum atomic E-state index is 0.979. The average Bonchev–Trinajstić information content (AvgIpc) is 2.80. The van der Waals surface area contributed by atoms with Crippen molar-refractivity contribution >= 4 is 5.71 Å². The fraction of sp³-hybridized carbons (Fsp3) is 0.462. The van der Waals surface area contributed by atoms with Crippen LogP contribution in [-0.4, -0.2) is 12.3 Å². The molecule has 0 atom stereocenters. The molecule has 0 aliphatic carbocycles. The zero-order chi connectivity index (χ0) is 10.5. The van der Waals surface area contributed by atoms with Crippen LogP contribution in [0.3, 0.4) is 0 Å². The molecule has 1 N–H and O–H groups in total. The predicted octanol–water partition coefficient (Wildman–Crippen LogP) is 2.73. The van der Waals surface area contributed by atoms with Gasteiger partial charge in [0.2, 0.25) is 0 Å². The average molecular weight is 202 g/mol. The minimum absolute atomic E-state index is 0.979. The molecule has 1 heterocycles. The Hall–Kier alpha value is -1.31. The predicted molar refractivity (Wildman–Crippen MR) is 64.2 cm³/mol. The van der Waals surface area contributed by atoms with E-state index in [2.05, 4.69) is 41.7 Å². The topological polar surface area (TPSA) is 24.4 Å². The standard InChI is InChI=1S/C13H18N2/c1-2-3-4-11-5-7-12(8-6-11)13-9-10-14-15-13/h5-8,14H,2-4,9-10H2,1H3. The van der Waals surface area contributed by atoms with Crippen LogP contribution in [0.5, 0.6) is 0 Å². The summed E-state index contributed by atoms with van der Waals surface area (Å²) < 4.78 is 0. The number of aryl methyl sites for hydroxylation is 1. The van der Waals surface area contributed by atoms with Crippen LogP contribution in [-0.2, 0) is 6.42 Å². The van der Waals surface area contributed by atoms with Gasteiger partial charge in [0.15, 0.2) is 0 Å². The molecule has 0 aromatic heterocycles. The third kappa shape index (κ3) is 2.58. The van der Waals surface area contributed by atoms with Crippen LogP contribution in [0.15, 0.2) is 29.4 Å². The van der Waals surface area contributed by atoms with Crippen molar-refractivity contribution in [3.63, 3.8) is 0 Å². The molecule has 0 fully saturated rings. The SMILES string of the molecule is CCCCc1ccc(C2=NNCC2)cc1. The lowest BCUT2D eigenvalue weighted by Crippen LogP contribution is -1.98. The first-order valence-electron chi connectivity index (χ1n) is 5.79. The molecule has 0 amide bonds. The molecule has 0 spiro atoms. The lowest BCUT2D eigenvalue weighted by atomic mass is 10.0. The summed E-state index contributed by atoms with van der Waals surface area (Å²) in [5.74, 6) is 0. The van der Waals surface area contributed by atoms with Gasteiger partial charge in [-0.15, -0.1) is 0 Å². The Morgan fingerprint density at radius 3 is 2.67 bits per heavy atom. The highest BCUT2D eigenvalue weighted by molar-refractivity contribution is 6.01.